The Balaban J connectivity index is 1.93. The van der Waals surface area contributed by atoms with Gasteiger partial charge in [-0.3, -0.25) is 4.79 Å². The minimum absolute atomic E-state index is 0.00658. The third-order valence-electron chi connectivity index (χ3n) is 5.79. The van der Waals surface area contributed by atoms with Crippen LogP contribution in [0.2, 0.25) is 0 Å². The summed E-state index contributed by atoms with van der Waals surface area (Å²) < 4.78 is 51.0. The minimum atomic E-state index is -4.72. The highest BCUT2D eigenvalue weighted by atomic mass is 19.4. The highest BCUT2D eigenvalue weighted by molar-refractivity contribution is 5.92. The molecule has 2 aromatic rings. The van der Waals surface area contributed by atoms with E-state index in [1.807, 2.05) is 6.07 Å². The van der Waals surface area contributed by atoms with Gasteiger partial charge in [-0.15, -0.1) is 0 Å². The lowest BCUT2D eigenvalue weighted by atomic mass is 9.78. The molecule has 0 unspecified atom stereocenters. The number of aliphatic carboxylic acids is 1. The van der Waals surface area contributed by atoms with Gasteiger partial charge in [-0.1, -0.05) is 36.4 Å². The van der Waals surface area contributed by atoms with Crippen LogP contribution in [0.3, 0.4) is 0 Å². The molecule has 2 atom stereocenters. The summed E-state index contributed by atoms with van der Waals surface area (Å²) in [5.41, 5.74) is -1.60. The fourth-order valence-corrected chi connectivity index (χ4v) is 4.10. The van der Waals surface area contributed by atoms with Crippen LogP contribution in [0.1, 0.15) is 60.2 Å². The Morgan fingerprint density at radius 2 is 1.72 bits per heavy atom. The smallest absolute Gasteiger partial charge is 0.416 e. The van der Waals surface area contributed by atoms with Gasteiger partial charge < -0.3 is 19.5 Å². The largest absolute Gasteiger partial charge is 0.481 e. The zero-order chi connectivity index (χ0) is 26.7. The molecule has 0 aromatic heterocycles. The van der Waals surface area contributed by atoms with Crippen molar-refractivity contribution in [3.05, 3.63) is 70.8 Å². The molecule has 1 fully saturated rings. The summed E-state index contributed by atoms with van der Waals surface area (Å²) in [6, 6.07) is 11.5. The van der Waals surface area contributed by atoms with Crippen LogP contribution in [0.15, 0.2) is 48.5 Å². The van der Waals surface area contributed by atoms with E-state index in [0.29, 0.717) is 6.07 Å². The SMILES string of the molecule is CC(C)(C)OC(=O)c1cc(C(F)(F)F)ccc1[C@H]1CN(C(=O)OCc2ccccc2)CC[C@@H]1C(=O)O. The van der Waals surface area contributed by atoms with Gasteiger partial charge in [-0.05, 0) is 50.5 Å². The molecule has 1 amide bonds. The molecule has 7 nitrogen and oxygen atoms in total. The maximum atomic E-state index is 13.4. The van der Waals surface area contributed by atoms with Crippen LogP contribution in [0.5, 0.6) is 0 Å². The van der Waals surface area contributed by atoms with Crippen molar-refractivity contribution in [1.29, 1.82) is 0 Å². The summed E-state index contributed by atoms with van der Waals surface area (Å²) in [5, 5.41) is 9.82. The van der Waals surface area contributed by atoms with Crippen molar-refractivity contribution in [2.24, 2.45) is 5.92 Å². The standard InChI is InChI=1S/C26H28F3NO6/c1-25(2,3)36-23(33)20-13-17(26(27,28)29)9-10-18(20)21-14-30(12-11-19(21)22(31)32)24(34)35-15-16-7-5-4-6-8-16/h4-10,13,19,21H,11-12,14-15H2,1-3H3,(H,31,32)/t19-,21+/m0/s1. The summed E-state index contributed by atoms with van der Waals surface area (Å²) in [7, 11) is 0. The number of ether oxygens (including phenoxy) is 2. The van der Waals surface area contributed by atoms with Crippen molar-refractivity contribution >= 4 is 18.0 Å². The van der Waals surface area contributed by atoms with E-state index in [1.54, 1.807) is 45.0 Å². The van der Waals surface area contributed by atoms with Crippen molar-refractivity contribution in [3.8, 4) is 0 Å². The van der Waals surface area contributed by atoms with Crippen molar-refractivity contribution in [3.63, 3.8) is 0 Å². The highest BCUT2D eigenvalue weighted by Gasteiger charge is 2.40. The van der Waals surface area contributed by atoms with Gasteiger partial charge in [0.2, 0.25) is 0 Å². The van der Waals surface area contributed by atoms with Gasteiger partial charge >= 0.3 is 24.2 Å². The van der Waals surface area contributed by atoms with E-state index in [-0.39, 0.29) is 37.2 Å². The molecule has 0 bridgehead atoms. The molecule has 2 aromatic carbocycles. The van der Waals surface area contributed by atoms with Crippen LogP contribution in [0, 0.1) is 5.92 Å². The number of hydrogen-bond donors (Lipinski definition) is 1. The molecular weight excluding hydrogens is 479 g/mol. The topological polar surface area (TPSA) is 93.1 Å². The van der Waals surface area contributed by atoms with Gasteiger partial charge in [-0.2, -0.15) is 13.2 Å². The number of amides is 1. The number of benzene rings is 2. The zero-order valence-corrected chi connectivity index (χ0v) is 20.2. The van der Waals surface area contributed by atoms with Crippen LogP contribution in [-0.2, 0) is 27.1 Å². The van der Waals surface area contributed by atoms with E-state index in [0.717, 1.165) is 17.7 Å². The monoisotopic (exact) mass is 507 g/mol. The number of hydrogen-bond acceptors (Lipinski definition) is 5. The Bertz CT molecular complexity index is 1110. The molecule has 0 aliphatic carbocycles. The molecule has 0 saturated carbocycles. The molecule has 3 rings (SSSR count). The Kier molecular flexibility index (Phi) is 7.96. The number of carboxylic acids is 1. The fourth-order valence-electron chi connectivity index (χ4n) is 4.10. The number of carbonyl (C=O) groups is 3. The number of esters is 1. The third-order valence-corrected chi connectivity index (χ3v) is 5.79. The number of rotatable bonds is 5. The molecule has 10 heteroatoms. The predicted octanol–water partition coefficient (Wildman–Crippen LogP) is 5.49. The van der Waals surface area contributed by atoms with E-state index in [9.17, 15) is 32.7 Å². The number of alkyl halides is 3. The molecule has 1 N–H and O–H groups in total. The first-order valence-electron chi connectivity index (χ1n) is 11.4. The van der Waals surface area contributed by atoms with Crippen LogP contribution < -0.4 is 0 Å². The lowest BCUT2D eigenvalue weighted by Crippen LogP contribution is -2.45. The fraction of sp³-hybridized carbons (Fsp3) is 0.423. The van der Waals surface area contributed by atoms with Gasteiger partial charge in [0.05, 0.1) is 17.0 Å². The highest BCUT2D eigenvalue weighted by Crippen LogP contribution is 2.38. The summed E-state index contributed by atoms with van der Waals surface area (Å²) in [5.74, 6) is -4.16. The molecule has 1 saturated heterocycles. The average Bonchev–Trinajstić information content (AvgIpc) is 2.80. The normalized spacial score (nSPS) is 18.4. The zero-order valence-electron chi connectivity index (χ0n) is 20.2. The lowest BCUT2D eigenvalue weighted by molar-refractivity contribution is -0.144. The quantitative estimate of drug-likeness (QED) is 0.538. The summed E-state index contributed by atoms with van der Waals surface area (Å²) in [6.07, 6.45) is -5.37. The van der Waals surface area contributed by atoms with Crippen LogP contribution in [-0.4, -0.2) is 46.7 Å². The van der Waals surface area contributed by atoms with E-state index >= 15 is 0 Å². The number of likely N-dealkylation sites (tertiary alicyclic amines) is 1. The number of nitrogens with zero attached hydrogens (tertiary/aromatic N) is 1. The van der Waals surface area contributed by atoms with Gasteiger partial charge in [0, 0.05) is 19.0 Å². The van der Waals surface area contributed by atoms with Crippen LogP contribution in [0.25, 0.3) is 0 Å². The lowest BCUT2D eigenvalue weighted by Gasteiger charge is -2.37. The molecule has 1 aliphatic rings. The van der Waals surface area contributed by atoms with E-state index in [1.165, 1.54) is 4.90 Å². The second-order valence-electron chi connectivity index (χ2n) is 9.63. The second kappa shape index (κ2) is 10.6. The first-order chi connectivity index (χ1) is 16.8. The van der Waals surface area contributed by atoms with Crippen molar-refractivity contribution in [1.82, 2.24) is 4.90 Å². The minimum Gasteiger partial charge on any atom is -0.481 e. The van der Waals surface area contributed by atoms with E-state index < -0.39 is 47.2 Å². The number of carbonyl (C=O) groups excluding carboxylic acids is 2. The van der Waals surface area contributed by atoms with Gasteiger partial charge in [-0.25, -0.2) is 9.59 Å². The predicted molar refractivity (Wildman–Crippen MR) is 123 cm³/mol. The first-order valence-corrected chi connectivity index (χ1v) is 11.4. The number of halogens is 3. The van der Waals surface area contributed by atoms with E-state index in [4.69, 9.17) is 9.47 Å². The van der Waals surface area contributed by atoms with Crippen LogP contribution in [0.4, 0.5) is 18.0 Å². The van der Waals surface area contributed by atoms with Gasteiger partial charge in [0.15, 0.2) is 0 Å². The number of piperidine rings is 1. The van der Waals surface area contributed by atoms with E-state index in [2.05, 4.69) is 0 Å². The summed E-state index contributed by atoms with van der Waals surface area (Å²) >= 11 is 0. The van der Waals surface area contributed by atoms with Crippen molar-refractivity contribution in [2.75, 3.05) is 13.1 Å². The number of carboxylic acid groups (broad SMARTS) is 1. The van der Waals surface area contributed by atoms with Gasteiger partial charge in [0.1, 0.15) is 12.2 Å². The molecule has 36 heavy (non-hydrogen) atoms. The van der Waals surface area contributed by atoms with Crippen LogP contribution >= 0.6 is 0 Å². The maximum Gasteiger partial charge on any atom is 0.416 e. The molecular formula is C26H28F3NO6. The second-order valence-corrected chi connectivity index (χ2v) is 9.63. The summed E-state index contributed by atoms with van der Waals surface area (Å²) in [6.45, 7) is 4.66. The molecule has 1 heterocycles. The first kappa shape index (κ1) is 27.0. The molecule has 0 radical (unpaired) electrons. The Labute approximate surface area is 206 Å². The molecule has 194 valence electrons. The third kappa shape index (κ3) is 6.77. The van der Waals surface area contributed by atoms with Crippen molar-refractivity contribution < 1.29 is 42.1 Å². The maximum absolute atomic E-state index is 13.4. The average molecular weight is 508 g/mol. The summed E-state index contributed by atoms with van der Waals surface area (Å²) in [4.78, 5) is 39.0. The Hall–Kier alpha value is -3.56. The molecule has 0 spiro atoms. The Morgan fingerprint density at radius 3 is 2.31 bits per heavy atom. The Morgan fingerprint density at radius 1 is 1.06 bits per heavy atom. The van der Waals surface area contributed by atoms with Gasteiger partial charge in [0.25, 0.3) is 0 Å². The molecule has 1 aliphatic heterocycles. The van der Waals surface area contributed by atoms with Crippen molar-refractivity contribution in [2.45, 2.75) is 51.5 Å².